The summed E-state index contributed by atoms with van der Waals surface area (Å²) in [5, 5.41) is 0. The van der Waals surface area contributed by atoms with Crippen molar-refractivity contribution in [2.75, 3.05) is 7.11 Å². The Labute approximate surface area is 247 Å². The molecule has 0 bridgehead atoms. The number of fused-ring (bicyclic) bond motifs is 2. The number of hydrogen-bond acceptors (Lipinski definition) is 7. The molecule has 2 aliphatic rings. The normalized spacial score (nSPS) is 18.0. The number of benzene rings is 2. The summed E-state index contributed by atoms with van der Waals surface area (Å²) >= 11 is 0. The van der Waals surface area contributed by atoms with Crippen LogP contribution in [0.15, 0.2) is 51.2 Å². The summed E-state index contributed by atoms with van der Waals surface area (Å²) in [5.41, 5.74) is 13.7. The molecule has 0 spiro atoms. The monoisotopic (exact) mass is 615 g/mol. The minimum Gasteiger partial charge on any atom is -0.465 e. The van der Waals surface area contributed by atoms with Crippen molar-refractivity contribution >= 4 is 49.7 Å². The molecule has 0 aliphatic carbocycles. The number of aryl methyl sites for hydroxylation is 2. The largest absolute Gasteiger partial charge is 0.465 e. The van der Waals surface area contributed by atoms with Gasteiger partial charge in [0.1, 0.15) is 0 Å². The number of nitrogens with zero attached hydrogens (tertiary/aromatic N) is 1. The van der Waals surface area contributed by atoms with Crippen LogP contribution in [0.1, 0.15) is 84.5 Å². The van der Waals surface area contributed by atoms with Gasteiger partial charge in [-0.2, -0.15) is 4.99 Å². The minimum absolute atomic E-state index is 0.131. The first-order valence-electron chi connectivity index (χ1n) is 13.3. The summed E-state index contributed by atoms with van der Waals surface area (Å²) < 4.78 is 53.3. The molecule has 0 unspecified atom stereocenters. The maximum atomic E-state index is 12.7. The molecule has 4 rings (SSSR count). The number of aliphatic imine (C=N–C) groups is 1. The van der Waals surface area contributed by atoms with E-state index in [1.807, 2.05) is 13.8 Å². The average Bonchev–Trinajstić information content (AvgIpc) is 2.92. The third-order valence-corrected chi connectivity index (χ3v) is 12.3. The molecule has 2 aromatic carbocycles. The van der Waals surface area contributed by atoms with E-state index in [-0.39, 0.29) is 21.3 Å². The molecule has 0 saturated carbocycles. The summed E-state index contributed by atoms with van der Waals surface area (Å²) in [5.74, 6) is -1.50. The van der Waals surface area contributed by atoms with Gasteiger partial charge in [0.2, 0.25) is 0 Å². The third kappa shape index (κ3) is 5.78. The molecule has 42 heavy (non-hydrogen) atoms. The molecule has 0 radical (unpaired) electrons. The Kier molecular flexibility index (Phi) is 8.95. The van der Waals surface area contributed by atoms with Gasteiger partial charge in [-0.05, 0) is 87.1 Å². The predicted molar refractivity (Wildman–Crippen MR) is 164 cm³/mol. The number of amides is 1. The zero-order valence-electron chi connectivity index (χ0n) is 24.8. The van der Waals surface area contributed by atoms with Crippen LogP contribution in [0.4, 0.5) is 0 Å². The van der Waals surface area contributed by atoms with Crippen LogP contribution in [-0.4, -0.2) is 51.3 Å². The molecule has 4 N–H and O–H groups in total. The molecule has 2 aliphatic heterocycles. The second-order valence-electron chi connectivity index (χ2n) is 11.0. The zero-order chi connectivity index (χ0) is 31.8. The molecule has 1 amide bonds. The van der Waals surface area contributed by atoms with Crippen LogP contribution in [0.2, 0.25) is 0 Å². The summed E-state index contributed by atoms with van der Waals surface area (Å²) in [7, 11) is -5.79. The highest BCUT2D eigenvalue weighted by atomic mass is 32.2. The van der Waals surface area contributed by atoms with E-state index in [4.69, 9.17) is 16.2 Å². The van der Waals surface area contributed by atoms with Crippen LogP contribution in [0, 0.1) is 0 Å². The highest BCUT2D eigenvalue weighted by molar-refractivity contribution is 7.93. The number of nitrogens with two attached hydrogens (primary N) is 2. The number of hydrogen-bond donors (Lipinski definition) is 2. The number of rotatable bonds is 4. The summed E-state index contributed by atoms with van der Waals surface area (Å²) in [6.45, 7) is 10.3. The Bertz CT molecular complexity index is 1760. The van der Waals surface area contributed by atoms with Crippen molar-refractivity contribution in [2.45, 2.75) is 73.7 Å². The fraction of sp³-hybridized carbons (Fsp3) is 0.367. The Morgan fingerprint density at radius 3 is 1.55 bits per heavy atom. The number of carbonyl (C=O) groups excluding carboxylic acids is 2. The standard InChI is InChI=1S/C15H19N3O3S.C15H18O4S/c1-4-9-7-10-5-6-15(2,3)22(20,21)12(10)8-11(9)13(19)18-14(16)17;1-5-10-8-11-6-7-15(2,3)20(17,18)13(11)9-12(10)14(16)19-4/h5-8H,4H2,1-3H3,(H4,16,17,18,19);6-9H,5H2,1-4H3. The Hall–Kier alpha value is -3.77. The molecule has 0 saturated heterocycles. The smallest absolute Gasteiger partial charge is 0.338 e. The van der Waals surface area contributed by atoms with Crippen LogP contribution in [0.25, 0.3) is 12.2 Å². The van der Waals surface area contributed by atoms with Crippen molar-refractivity contribution in [3.05, 3.63) is 69.8 Å². The first kappa shape index (κ1) is 32.7. The molecule has 0 atom stereocenters. The van der Waals surface area contributed by atoms with Crippen LogP contribution in [-0.2, 0) is 37.3 Å². The van der Waals surface area contributed by atoms with Gasteiger partial charge >= 0.3 is 5.97 Å². The number of carbonyl (C=O) groups is 2. The predicted octanol–water partition coefficient (Wildman–Crippen LogP) is 3.86. The van der Waals surface area contributed by atoms with E-state index in [1.54, 1.807) is 64.1 Å². The highest BCUT2D eigenvalue weighted by Gasteiger charge is 2.39. The number of esters is 1. The lowest BCUT2D eigenvalue weighted by Gasteiger charge is -2.27. The lowest BCUT2D eigenvalue weighted by atomic mass is 9.99. The van der Waals surface area contributed by atoms with Gasteiger partial charge in [-0.15, -0.1) is 0 Å². The summed E-state index contributed by atoms with van der Waals surface area (Å²) in [6, 6.07) is 6.28. The Morgan fingerprint density at radius 2 is 1.17 bits per heavy atom. The van der Waals surface area contributed by atoms with E-state index in [0.717, 1.165) is 5.56 Å². The van der Waals surface area contributed by atoms with Gasteiger partial charge < -0.3 is 16.2 Å². The van der Waals surface area contributed by atoms with Gasteiger partial charge in [-0.1, -0.05) is 38.2 Å². The number of ether oxygens (including phenoxy) is 1. The van der Waals surface area contributed by atoms with Gasteiger partial charge in [0.05, 0.1) is 32.0 Å². The van der Waals surface area contributed by atoms with Gasteiger partial charge in [-0.25, -0.2) is 21.6 Å². The van der Waals surface area contributed by atoms with E-state index < -0.39 is 41.0 Å². The average molecular weight is 616 g/mol. The molecule has 226 valence electrons. The van der Waals surface area contributed by atoms with Gasteiger partial charge in [0, 0.05) is 5.56 Å². The number of methoxy groups -OCH3 is 1. The molecule has 2 heterocycles. The maximum Gasteiger partial charge on any atom is 0.338 e. The van der Waals surface area contributed by atoms with E-state index in [2.05, 4.69) is 4.99 Å². The van der Waals surface area contributed by atoms with Crippen molar-refractivity contribution in [3.8, 4) is 0 Å². The molecule has 10 nitrogen and oxygen atoms in total. The van der Waals surface area contributed by atoms with E-state index in [1.165, 1.54) is 19.2 Å². The lowest BCUT2D eigenvalue weighted by molar-refractivity contribution is 0.0599. The topological polar surface area (TPSA) is 176 Å². The maximum absolute atomic E-state index is 12.7. The zero-order valence-corrected chi connectivity index (χ0v) is 26.4. The highest BCUT2D eigenvalue weighted by Crippen LogP contribution is 2.37. The fourth-order valence-corrected chi connectivity index (χ4v) is 7.65. The van der Waals surface area contributed by atoms with Gasteiger partial charge in [0.25, 0.3) is 5.91 Å². The first-order chi connectivity index (χ1) is 19.3. The summed E-state index contributed by atoms with van der Waals surface area (Å²) in [6.07, 6.45) is 8.10. The van der Waals surface area contributed by atoms with Crippen molar-refractivity contribution < 1.29 is 31.2 Å². The number of guanidine groups is 1. The Balaban J connectivity index is 0.000000231. The van der Waals surface area contributed by atoms with Gasteiger partial charge in [-0.3, -0.25) is 4.79 Å². The first-order valence-corrected chi connectivity index (χ1v) is 16.2. The third-order valence-electron chi connectivity index (χ3n) is 7.39. The molecule has 2 aromatic rings. The van der Waals surface area contributed by atoms with Gasteiger partial charge in [0.15, 0.2) is 25.6 Å². The van der Waals surface area contributed by atoms with Crippen LogP contribution < -0.4 is 11.5 Å². The van der Waals surface area contributed by atoms with Crippen LogP contribution in [0.3, 0.4) is 0 Å². The molecule has 0 fully saturated rings. The molecular weight excluding hydrogens is 578 g/mol. The van der Waals surface area contributed by atoms with Crippen LogP contribution in [0.5, 0.6) is 0 Å². The quantitative estimate of drug-likeness (QED) is 0.294. The molecule has 12 heteroatoms. The van der Waals surface area contributed by atoms with E-state index in [9.17, 15) is 26.4 Å². The van der Waals surface area contributed by atoms with Crippen molar-refractivity contribution in [3.63, 3.8) is 0 Å². The Morgan fingerprint density at radius 1 is 0.762 bits per heavy atom. The van der Waals surface area contributed by atoms with Crippen molar-refractivity contribution in [1.29, 1.82) is 0 Å². The lowest BCUT2D eigenvalue weighted by Crippen LogP contribution is -2.32. The van der Waals surface area contributed by atoms with Crippen LogP contribution >= 0.6 is 0 Å². The summed E-state index contributed by atoms with van der Waals surface area (Å²) in [4.78, 5) is 27.8. The number of sulfone groups is 2. The van der Waals surface area contributed by atoms with E-state index >= 15 is 0 Å². The molecular formula is C30H37N3O7S2. The molecule has 0 aromatic heterocycles. The SMILES string of the molecule is CCc1cc2c(cc1C(=O)N=C(N)N)S(=O)(=O)C(C)(C)C=C2.CCc1cc2c(cc1C(=O)OC)S(=O)(=O)C(C)(C)C=C2. The second-order valence-corrected chi connectivity index (χ2v) is 16.0. The van der Waals surface area contributed by atoms with E-state index in [0.29, 0.717) is 35.1 Å². The minimum atomic E-state index is -3.58. The fourth-order valence-electron chi connectivity index (χ4n) is 4.60. The second kappa shape index (κ2) is 11.5. The van der Waals surface area contributed by atoms with Crippen molar-refractivity contribution in [2.24, 2.45) is 16.5 Å². The van der Waals surface area contributed by atoms with Crippen molar-refractivity contribution in [1.82, 2.24) is 0 Å².